The van der Waals surface area contributed by atoms with Gasteiger partial charge < -0.3 is 5.32 Å². The Morgan fingerprint density at radius 3 is 2.73 bits per heavy atom. The van der Waals surface area contributed by atoms with Crippen molar-refractivity contribution in [2.24, 2.45) is 0 Å². The third-order valence-corrected chi connectivity index (χ3v) is 6.41. The summed E-state index contributed by atoms with van der Waals surface area (Å²) in [6.07, 6.45) is 1.00. The highest BCUT2D eigenvalue weighted by Crippen LogP contribution is 2.30. The molecule has 0 bridgehead atoms. The van der Waals surface area contributed by atoms with Gasteiger partial charge in [-0.25, -0.2) is 9.50 Å². The van der Waals surface area contributed by atoms with Crippen LogP contribution in [0.4, 0.5) is 16.8 Å². The Labute approximate surface area is 180 Å². The molecule has 1 amide bonds. The lowest BCUT2D eigenvalue weighted by Crippen LogP contribution is -2.05. The Morgan fingerprint density at radius 2 is 1.97 bits per heavy atom. The van der Waals surface area contributed by atoms with E-state index >= 15 is 0 Å². The number of rotatable bonds is 5. The molecule has 30 heavy (non-hydrogen) atoms. The molecule has 7 nitrogen and oxygen atoms in total. The van der Waals surface area contributed by atoms with E-state index in [0.29, 0.717) is 5.95 Å². The fourth-order valence-electron chi connectivity index (χ4n) is 3.20. The van der Waals surface area contributed by atoms with Gasteiger partial charge in [0.2, 0.25) is 16.8 Å². The van der Waals surface area contributed by atoms with Crippen LogP contribution in [0.5, 0.6) is 0 Å². The minimum atomic E-state index is -0.0894. The third-order valence-electron chi connectivity index (χ3n) is 4.66. The van der Waals surface area contributed by atoms with Gasteiger partial charge in [0.1, 0.15) is 0 Å². The molecule has 5 aromatic rings. The highest BCUT2D eigenvalue weighted by atomic mass is 32.1. The molecule has 0 unspecified atom stereocenters. The number of amides is 1. The number of hydrogen-bond donors (Lipinski definition) is 2. The summed E-state index contributed by atoms with van der Waals surface area (Å²) < 4.78 is 2.97. The second-order valence-electron chi connectivity index (χ2n) is 6.81. The van der Waals surface area contributed by atoms with E-state index in [1.807, 2.05) is 34.2 Å². The highest BCUT2D eigenvalue weighted by Gasteiger charge is 2.13. The van der Waals surface area contributed by atoms with E-state index in [9.17, 15) is 4.79 Å². The summed E-state index contributed by atoms with van der Waals surface area (Å²) in [6.45, 7) is 3.64. The van der Waals surface area contributed by atoms with Crippen LogP contribution in [0, 0.1) is 0 Å². The lowest BCUT2D eigenvalue weighted by Gasteiger charge is -2.03. The van der Waals surface area contributed by atoms with E-state index in [1.54, 1.807) is 11.3 Å². The van der Waals surface area contributed by atoms with E-state index in [-0.39, 0.29) is 5.91 Å². The fraction of sp³-hybridized carbons (Fsp3) is 0.143. The largest absolute Gasteiger partial charge is 0.326 e. The number of benzene rings is 2. The second-order valence-corrected chi connectivity index (χ2v) is 8.68. The number of thiazole rings is 2. The highest BCUT2D eigenvalue weighted by molar-refractivity contribution is 7.22. The maximum absolute atomic E-state index is 11.2. The van der Waals surface area contributed by atoms with Crippen LogP contribution in [-0.4, -0.2) is 25.5 Å². The molecule has 0 spiro atoms. The van der Waals surface area contributed by atoms with Crippen molar-refractivity contribution in [1.29, 1.82) is 0 Å². The number of fused-ring (bicyclic) bond motifs is 2. The molecule has 0 aliphatic heterocycles. The van der Waals surface area contributed by atoms with Gasteiger partial charge in [-0.15, -0.1) is 16.4 Å². The van der Waals surface area contributed by atoms with Crippen molar-refractivity contribution in [2.75, 3.05) is 10.6 Å². The number of aryl methyl sites for hydroxylation is 1. The Bertz CT molecular complexity index is 1370. The molecule has 2 aromatic carbocycles. The van der Waals surface area contributed by atoms with Gasteiger partial charge in [0, 0.05) is 23.6 Å². The van der Waals surface area contributed by atoms with Crippen LogP contribution in [0.2, 0.25) is 0 Å². The summed E-state index contributed by atoms with van der Waals surface area (Å²) in [5.74, 6) is 0.432. The van der Waals surface area contributed by atoms with E-state index in [4.69, 9.17) is 0 Å². The number of hydrogen-bond acceptors (Lipinski definition) is 7. The first-order chi connectivity index (χ1) is 14.6. The van der Waals surface area contributed by atoms with E-state index < -0.39 is 0 Å². The summed E-state index contributed by atoms with van der Waals surface area (Å²) in [5.41, 5.74) is 4.98. The van der Waals surface area contributed by atoms with Gasteiger partial charge >= 0.3 is 0 Å². The molecule has 3 aromatic heterocycles. The van der Waals surface area contributed by atoms with E-state index in [2.05, 4.69) is 50.8 Å². The zero-order valence-electron chi connectivity index (χ0n) is 16.3. The molecule has 0 saturated heterocycles. The Hall–Kier alpha value is -3.30. The second kappa shape index (κ2) is 7.51. The average molecular weight is 435 g/mol. The molecule has 0 fully saturated rings. The van der Waals surface area contributed by atoms with Crippen molar-refractivity contribution < 1.29 is 4.79 Å². The van der Waals surface area contributed by atoms with Crippen LogP contribution in [0.1, 0.15) is 19.4 Å². The predicted octanol–water partition coefficient (Wildman–Crippen LogP) is 5.33. The molecule has 150 valence electrons. The van der Waals surface area contributed by atoms with Crippen molar-refractivity contribution in [1.82, 2.24) is 19.6 Å². The normalized spacial score (nSPS) is 11.3. The molecule has 2 N–H and O–H groups in total. The molecule has 0 aliphatic carbocycles. The summed E-state index contributed by atoms with van der Waals surface area (Å²) in [5, 5.41) is 13.4. The van der Waals surface area contributed by atoms with Gasteiger partial charge in [-0.3, -0.25) is 10.1 Å². The Balaban J connectivity index is 1.42. The molecule has 0 saturated carbocycles. The van der Waals surface area contributed by atoms with Crippen LogP contribution in [-0.2, 0) is 11.2 Å². The molecule has 0 aliphatic rings. The Kier molecular flexibility index (Phi) is 4.68. The number of nitrogens with zero attached hydrogens (tertiary/aromatic N) is 4. The standard InChI is InChI=1S/C21H18N6OS2/c1-3-13-4-9-16-18(10-13)30-20(23-16)24-19-25-21-27(26-19)17(11-29-21)14-5-7-15(8-6-14)22-12(2)28/h4-11H,3H2,1-2H3,(H,22,28)(H,23,24,26). The first-order valence-corrected chi connectivity index (χ1v) is 11.2. The zero-order chi connectivity index (χ0) is 20.7. The number of aromatic nitrogens is 4. The quantitative estimate of drug-likeness (QED) is 0.390. The smallest absolute Gasteiger partial charge is 0.250 e. The van der Waals surface area contributed by atoms with Crippen LogP contribution in [0.3, 0.4) is 0 Å². The summed E-state index contributed by atoms with van der Waals surface area (Å²) in [6, 6.07) is 14.0. The third kappa shape index (κ3) is 3.53. The van der Waals surface area contributed by atoms with Gasteiger partial charge in [0.15, 0.2) is 5.13 Å². The molecule has 0 atom stereocenters. The summed E-state index contributed by atoms with van der Waals surface area (Å²) in [4.78, 5) is 21.2. The molecule has 5 rings (SSSR count). The van der Waals surface area contributed by atoms with Crippen LogP contribution < -0.4 is 10.6 Å². The van der Waals surface area contributed by atoms with Crippen molar-refractivity contribution in [3.05, 3.63) is 53.4 Å². The van der Waals surface area contributed by atoms with Gasteiger partial charge in [-0.05, 0) is 36.2 Å². The number of anilines is 3. The predicted molar refractivity (Wildman–Crippen MR) is 123 cm³/mol. The SMILES string of the molecule is CCc1ccc2nc(Nc3nc4scc(-c5ccc(NC(C)=O)cc5)n4n3)sc2c1. The van der Waals surface area contributed by atoms with Gasteiger partial charge in [0.05, 0.1) is 15.9 Å². The van der Waals surface area contributed by atoms with Crippen LogP contribution >= 0.6 is 22.7 Å². The molecule has 9 heteroatoms. The van der Waals surface area contributed by atoms with Crippen molar-refractivity contribution >= 4 is 60.5 Å². The van der Waals surface area contributed by atoms with Gasteiger partial charge in [-0.1, -0.05) is 36.5 Å². The molecular weight excluding hydrogens is 416 g/mol. The summed E-state index contributed by atoms with van der Waals surface area (Å²) >= 11 is 3.13. The van der Waals surface area contributed by atoms with Gasteiger partial charge in [0.25, 0.3) is 0 Å². The number of carbonyl (C=O) groups is 1. The number of carbonyl (C=O) groups excluding carboxylic acids is 1. The van der Waals surface area contributed by atoms with E-state index in [0.717, 1.165) is 43.7 Å². The van der Waals surface area contributed by atoms with E-state index in [1.165, 1.54) is 23.8 Å². The molecular formula is C21H18N6OS2. The number of nitrogens with one attached hydrogen (secondary N) is 2. The molecule has 0 radical (unpaired) electrons. The van der Waals surface area contributed by atoms with Crippen LogP contribution in [0.25, 0.3) is 26.4 Å². The average Bonchev–Trinajstić information content (AvgIpc) is 3.41. The van der Waals surface area contributed by atoms with Gasteiger partial charge in [-0.2, -0.15) is 4.98 Å². The minimum Gasteiger partial charge on any atom is -0.326 e. The first kappa shape index (κ1) is 18.7. The lowest BCUT2D eigenvalue weighted by atomic mass is 10.1. The maximum Gasteiger partial charge on any atom is 0.250 e. The van der Waals surface area contributed by atoms with Crippen molar-refractivity contribution in [3.8, 4) is 11.3 Å². The van der Waals surface area contributed by atoms with Crippen LogP contribution in [0.15, 0.2) is 47.8 Å². The fourth-order valence-corrected chi connectivity index (χ4v) is 4.95. The zero-order valence-corrected chi connectivity index (χ0v) is 18.0. The van der Waals surface area contributed by atoms with Crippen molar-refractivity contribution in [3.63, 3.8) is 0 Å². The minimum absolute atomic E-state index is 0.0894. The lowest BCUT2D eigenvalue weighted by molar-refractivity contribution is -0.114. The monoisotopic (exact) mass is 434 g/mol. The first-order valence-electron chi connectivity index (χ1n) is 9.48. The molecule has 3 heterocycles. The summed E-state index contributed by atoms with van der Waals surface area (Å²) in [7, 11) is 0. The topological polar surface area (TPSA) is 84.2 Å². The van der Waals surface area contributed by atoms with Crippen molar-refractivity contribution in [2.45, 2.75) is 20.3 Å². The Morgan fingerprint density at radius 1 is 1.13 bits per heavy atom. The maximum atomic E-state index is 11.2.